The first-order valence-electron chi connectivity index (χ1n) is 7.17. The number of H-pyrrole nitrogens is 1. The third-order valence-electron chi connectivity index (χ3n) is 3.27. The van der Waals surface area contributed by atoms with Gasteiger partial charge in [0.05, 0.1) is 6.20 Å². The molecule has 1 aromatic rings. The van der Waals surface area contributed by atoms with E-state index in [-0.39, 0.29) is 11.1 Å². The van der Waals surface area contributed by atoms with Crippen molar-refractivity contribution in [2.75, 3.05) is 13.1 Å². The summed E-state index contributed by atoms with van der Waals surface area (Å²) in [6.45, 7) is 6.09. The van der Waals surface area contributed by atoms with Crippen LogP contribution in [-0.4, -0.2) is 53.7 Å². The van der Waals surface area contributed by atoms with E-state index in [9.17, 15) is 13.2 Å². The molecule has 0 radical (unpaired) electrons. The van der Waals surface area contributed by atoms with E-state index in [1.165, 1.54) is 16.6 Å². The van der Waals surface area contributed by atoms with Crippen LogP contribution in [0.15, 0.2) is 17.3 Å². The van der Waals surface area contributed by atoms with Crippen LogP contribution in [0.4, 0.5) is 4.79 Å². The van der Waals surface area contributed by atoms with Crippen LogP contribution in [0, 0.1) is 0 Å². The molecule has 2 heterocycles. The number of hydrogen-bond acceptors (Lipinski definition) is 5. The first kappa shape index (κ1) is 16.8. The Morgan fingerprint density at radius 3 is 2.55 bits per heavy atom. The van der Waals surface area contributed by atoms with Crippen molar-refractivity contribution in [3.63, 3.8) is 0 Å². The maximum Gasteiger partial charge on any atom is 0.407 e. The number of piperidine rings is 1. The molecule has 2 rings (SSSR count). The zero-order valence-corrected chi connectivity index (χ0v) is 13.8. The van der Waals surface area contributed by atoms with Crippen LogP contribution in [0.5, 0.6) is 0 Å². The van der Waals surface area contributed by atoms with Crippen LogP contribution in [0.25, 0.3) is 0 Å². The second-order valence-electron chi connectivity index (χ2n) is 6.25. The molecule has 1 aliphatic heterocycles. The van der Waals surface area contributed by atoms with Gasteiger partial charge in [-0.1, -0.05) is 0 Å². The van der Waals surface area contributed by atoms with Crippen molar-refractivity contribution >= 4 is 16.1 Å². The molecule has 1 aliphatic rings. The van der Waals surface area contributed by atoms with Crippen LogP contribution in [0.1, 0.15) is 33.6 Å². The molecule has 1 saturated heterocycles. The molecular weight excluding hydrogens is 308 g/mol. The average molecular weight is 330 g/mol. The summed E-state index contributed by atoms with van der Waals surface area (Å²) < 4.78 is 31.2. The number of ether oxygens (including phenoxy) is 1. The molecule has 0 spiro atoms. The number of nitrogens with zero attached hydrogens (tertiary/aromatic N) is 2. The zero-order valence-electron chi connectivity index (χ0n) is 13.0. The molecule has 2 N–H and O–H groups in total. The Bertz CT molecular complexity index is 598. The van der Waals surface area contributed by atoms with Crippen LogP contribution in [0.2, 0.25) is 0 Å². The highest BCUT2D eigenvalue weighted by Crippen LogP contribution is 2.19. The van der Waals surface area contributed by atoms with Crippen molar-refractivity contribution < 1.29 is 17.9 Å². The lowest BCUT2D eigenvalue weighted by Crippen LogP contribution is -2.47. The number of sulfonamides is 1. The predicted octanol–water partition coefficient (Wildman–Crippen LogP) is 1.09. The second kappa shape index (κ2) is 6.25. The summed E-state index contributed by atoms with van der Waals surface area (Å²) in [4.78, 5) is 11.7. The maximum atomic E-state index is 12.3. The highest BCUT2D eigenvalue weighted by molar-refractivity contribution is 7.89. The molecule has 0 bridgehead atoms. The summed E-state index contributed by atoms with van der Waals surface area (Å²) in [5.41, 5.74) is -0.547. The molecule has 0 saturated carbocycles. The Kier molecular flexibility index (Phi) is 4.76. The summed E-state index contributed by atoms with van der Waals surface area (Å²) in [5, 5.41) is 9.01. The Morgan fingerprint density at radius 1 is 1.41 bits per heavy atom. The molecule has 0 aliphatic carbocycles. The first-order valence-corrected chi connectivity index (χ1v) is 8.61. The topological polar surface area (TPSA) is 104 Å². The molecular formula is C13H22N4O4S. The number of hydrogen-bond donors (Lipinski definition) is 2. The van der Waals surface area contributed by atoms with Gasteiger partial charge in [-0.25, -0.2) is 13.2 Å². The third kappa shape index (κ3) is 4.20. The van der Waals surface area contributed by atoms with Crippen molar-refractivity contribution in [1.29, 1.82) is 0 Å². The SMILES string of the molecule is CC(C)(C)OC(=O)NC1CCN(S(=O)(=O)c2ccn[nH]2)CC1. The number of carbonyl (C=O) groups is 1. The average Bonchev–Trinajstić information content (AvgIpc) is 2.91. The van der Waals surface area contributed by atoms with Gasteiger partial charge in [-0.2, -0.15) is 9.40 Å². The largest absolute Gasteiger partial charge is 0.444 e. The third-order valence-corrected chi connectivity index (χ3v) is 5.10. The fourth-order valence-electron chi connectivity index (χ4n) is 2.24. The molecule has 8 nitrogen and oxygen atoms in total. The van der Waals surface area contributed by atoms with Gasteiger partial charge < -0.3 is 10.1 Å². The Morgan fingerprint density at radius 2 is 2.05 bits per heavy atom. The molecule has 1 aromatic heterocycles. The number of rotatable bonds is 3. The number of aromatic amines is 1. The molecule has 22 heavy (non-hydrogen) atoms. The van der Waals surface area contributed by atoms with E-state index in [2.05, 4.69) is 15.5 Å². The summed E-state index contributed by atoms with van der Waals surface area (Å²) in [7, 11) is -3.53. The lowest BCUT2D eigenvalue weighted by molar-refractivity contribution is 0.0489. The molecule has 0 atom stereocenters. The molecule has 1 fully saturated rings. The van der Waals surface area contributed by atoms with E-state index >= 15 is 0 Å². The zero-order chi connectivity index (χ0) is 16.4. The fraction of sp³-hybridized carbons (Fsp3) is 0.692. The highest BCUT2D eigenvalue weighted by Gasteiger charge is 2.31. The Hall–Kier alpha value is -1.61. The Labute approximate surface area is 130 Å². The predicted molar refractivity (Wildman–Crippen MR) is 79.7 cm³/mol. The van der Waals surface area contributed by atoms with Gasteiger partial charge in [0.1, 0.15) is 5.60 Å². The molecule has 1 amide bonds. The normalized spacial score (nSPS) is 18.1. The van der Waals surface area contributed by atoms with Crippen molar-refractivity contribution in [1.82, 2.24) is 19.8 Å². The molecule has 124 valence electrons. The van der Waals surface area contributed by atoms with Crippen molar-refractivity contribution in [2.45, 2.75) is 50.3 Å². The number of alkyl carbamates (subject to hydrolysis) is 1. The minimum absolute atomic E-state index is 0.0805. The number of aromatic nitrogens is 2. The fourth-order valence-corrected chi connectivity index (χ4v) is 3.61. The highest BCUT2D eigenvalue weighted by atomic mass is 32.2. The lowest BCUT2D eigenvalue weighted by atomic mass is 10.1. The Balaban J connectivity index is 1.87. The van der Waals surface area contributed by atoms with Crippen LogP contribution in [0.3, 0.4) is 0 Å². The van der Waals surface area contributed by atoms with Gasteiger partial charge in [0, 0.05) is 19.1 Å². The van der Waals surface area contributed by atoms with Crippen molar-refractivity contribution in [3.8, 4) is 0 Å². The van der Waals surface area contributed by atoms with Crippen LogP contribution < -0.4 is 5.32 Å². The van der Waals surface area contributed by atoms with Crippen molar-refractivity contribution in [2.24, 2.45) is 0 Å². The second-order valence-corrected chi connectivity index (χ2v) is 8.15. The van der Waals surface area contributed by atoms with E-state index in [4.69, 9.17) is 4.74 Å². The van der Waals surface area contributed by atoms with E-state index in [1.54, 1.807) is 20.8 Å². The quantitative estimate of drug-likeness (QED) is 0.863. The molecule has 9 heteroatoms. The van der Waals surface area contributed by atoms with E-state index < -0.39 is 21.7 Å². The maximum absolute atomic E-state index is 12.3. The van der Waals surface area contributed by atoms with Gasteiger partial charge in [-0.15, -0.1) is 0 Å². The van der Waals surface area contributed by atoms with Crippen LogP contribution >= 0.6 is 0 Å². The number of nitrogens with one attached hydrogen (secondary N) is 2. The van der Waals surface area contributed by atoms with Gasteiger partial charge in [-0.05, 0) is 39.7 Å². The van der Waals surface area contributed by atoms with Gasteiger partial charge in [0.25, 0.3) is 10.0 Å². The van der Waals surface area contributed by atoms with Gasteiger partial charge in [0.15, 0.2) is 5.03 Å². The summed E-state index contributed by atoms with van der Waals surface area (Å²) in [6, 6.07) is 1.35. The summed E-state index contributed by atoms with van der Waals surface area (Å²) >= 11 is 0. The monoisotopic (exact) mass is 330 g/mol. The number of amides is 1. The van der Waals surface area contributed by atoms with Gasteiger partial charge >= 0.3 is 6.09 Å². The summed E-state index contributed by atoms with van der Waals surface area (Å²) in [6.07, 6.45) is 2.03. The minimum Gasteiger partial charge on any atom is -0.444 e. The van der Waals surface area contributed by atoms with Crippen LogP contribution in [-0.2, 0) is 14.8 Å². The lowest BCUT2D eigenvalue weighted by Gasteiger charge is -2.31. The summed E-state index contributed by atoms with van der Waals surface area (Å²) in [5.74, 6) is 0. The molecule has 0 unspecified atom stereocenters. The van der Waals surface area contributed by atoms with Gasteiger partial charge in [-0.3, -0.25) is 5.10 Å². The number of carbonyl (C=O) groups excluding carboxylic acids is 1. The first-order chi connectivity index (χ1) is 10.2. The minimum atomic E-state index is -3.53. The van der Waals surface area contributed by atoms with E-state index in [0.29, 0.717) is 25.9 Å². The smallest absolute Gasteiger partial charge is 0.407 e. The van der Waals surface area contributed by atoms with E-state index in [0.717, 1.165) is 0 Å². The standard InChI is InChI=1S/C13H22N4O4S/c1-13(2,3)21-12(18)15-10-5-8-17(9-6-10)22(19,20)11-4-7-14-16-11/h4,7,10H,5-6,8-9H2,1-3H3,(H,14,16)(H,15,18). The van der Waals surface area contributed by atoms with Gasteiger partial charge in [0.2, 0.25) is 0 Å². The van der Waals surface area contributed by atoms with E-state index in [1.807, 2.05) is 0 Å². The van der Waals surface area contributed by atoms with Crippen molar-refractivity contribution in [3.05, 3.63) is 12.3 Å². The molecule has 0 aromatic carbocycles.